The highest BCUT2D eigenvalue weighted by Crippen LogP contribution is 2.28. The molecule has 21 heavy (non-hydrogen) atoms. The Balaban J connectivity index is 2.04. The summed E-state index contributed by atoms with van der Waals surface area (Å²) in [5, 5.41) is 3.75. The summed E-state index contributed by atoms with van der Waals surface area (Å²) in [7, 11) is 2.10. The fraction of sp³-hybridized carbons (Fsp3) is 0.571. The first-order chi connectivity index (χ1) is 10.0. The minimum Gasteiger partial charge on any atom is -0.382 e. The van der Waals surface area contributed by atoms with Gasteiger partial charge in [0.05, 0.1) is 0 Å². The van der Waals surface area contributed by atoms with Crippen LogP contribution in [0.25, 0.3) is 0 Å². The van der Waals surface area contributed by atoms with E-state index in [1.54, 1.807) is 6.08 Å². The summed E-state index contributed by atoms with van der Waals surface area (Å²) >= 11 is 1.37. The van der Waals surface area contributed by atoms with Crippen LogP contribution in [0.2, 0.25) is 0 Å². The second-order valence-electron chi connectivity index (χ2n) is 5.40. The molecule has 1 fully saturated rings. The quantitative estimate of drug-likeness (QED) is 0.799. The van der Waals surface area contributed by atoms with Gasteiger partial charge in [0.1, 0.15) is 10.7 Å². The Morgan fingerprint density at radius 1 is 1.52 bits per heavy atom. The number of carbonyl (C=O) groups is 1. The Morgan fingerprint density at radius 2 is 2.19 bits per heavy atom. The van der Waals surface area contributed by atoms with Crippen LogP contribution in [0.1, 0.15) is 23.0 Å². The van der Waals surface area contributed by atoms with Gasteiger partial charge >= 0.3 is 0 Å². The van der Waals surface area contributed by atoms with E-state index in [0.717, 1.165) is 37.7 Å². The van der Waals surface area contributed by atoms with E-state index >= 15 is 0 Å². The summed E-state index contributed by atoms with van der Waals surface area (Å²) in [5.74, 6) is 0.164. The van der Waals surface area contributed by atoms with Gasteiger partial charge in [0, 0.05) is 32.2 Å². The summed E-state index contributed by atoms with van der Waals surface area (Å²) in [5.41, 5.74) is 5.91. The molecule has 116 valence electrons. The van der Waals surface area contributed by atoms with Gasteiger partial charge in [0.2, 0.25) is 0 Å². The molecule has 0 aromatic carbocycles. The SMILES string of the molecule is C=CCC(C)NC(=O)c1sc(N2CCN(C)CC2)nc1N. The van der Waals surface area contributed by atoms with Crippen LogP contribution in [0.4, 0.5) is 10.9 Å². The van der Waals surface area contributed by atoms with Crippen LogP contribution in [0.3, 0.4) is 0 Å². The van der Waals surface area contributed by atoms with E-state index in [4.69, 9.17) is 5.73 Å². The molecule has 1 aliphatic rings. The number of aromatic nitrogens is 1. The van der Waals surface area contributed by atoms with Crippen LogP contribution >= 0.6 is 11.3 Å². The summed E-state index contributed by atoms with van der Waals surface area (Å²) < 4.78 is 0. The third-order valence-corrected chi connectivity index (χ3v) is 4.65. The average molecular weight is 309 g/mol. The predicted molar refractivity (Wildman–Crippen MR) is 88.0 cm³/mol. The molecule has 6 nitrogen and oxygen atoms in total. The van der Waals surface area contributed by atoms with Crippen molar-refractivity contribution in [2.45, 2.75) is 19.4 Å². The van der Waals surface area contributed by atoms with Crippen molar-refractivity contribution in [2.75, 3.05) is 43.9 Å². The Morgan fingerprint density at radius 3 is 2.81 bits per heavy atom. The average Bonchev–Trinajstić information content (AvgIpc) is 2.82. The van der Waals surface area contributed by atoms with Gasteiger partial charge in [-0.05, 0) is 20.4 Å². The van der Waals surface area contributed by atoms with E-state index in [9.17, 15) is 4.79 Å². The lowest BCUT2D eigenvalue weighted by Crippen LogP contribution is -2.44. The topological polar surface area (TPSA) is 74.5 Å². The van der Waals surface area contributed by atoms with Crippen molar-refractivity contribution in [3.8, 4) is 0 Å². The summed E-state index contributed by atoms with van der Waals surface area (Å²) in [6.07, 6.45) is 2.52. The standard InChI is InChI=1S/C14H23N5OS/c1-4-5-10(2)16-13(20)11-12(15)17-14(21-11)19-8-6-18(3)7-9-19/h4,10H,1,5-9,15H2,2-3H3,(H,16,20). The van der Waals surface area contributed by atoms with E-state index in [-0.39, 0.29) is 11.9 Å². The first-order valence-electron chi connectivity index (χ1n) is 7.12. The number of nitrogens with two attached hydrogens (primary N) is 1. The molecule has 2 heterocycles. The van der Waals surface area contributed by atoms with Crippen molar-refractivity contribution in [2.24, 2.45) is 0 Å². The van der Waals surface area contributed by atoms with Crippen LogP contribution in [0.5, 0.6) is 0 Å². The molecule has 1 aliphatic heterocycles. The fourth-order valence-corrected chi connectivity index (χ4v) is 3.15. The van der Waals surface area contributed by atoms with Gasteiger partial charge in [-0.2, -0.15) is 0 Å². The lowest BCUT2D eigenvalue weighted by atomic mass is 10.2. The Hall–Kier alpha value is -1.60. The fourth-order valence-electron chi connectivity index (χ4n) is 2.21. The van der Waals surface area contributed by atoms with Gasteiger partial charge in [0.25, 0.3) is 5.91 Å². The second kappa shape index (κ2) is 6.91. The van der Waals surface area contributed by atoms with Crippen LogP contribution in [0.15, 0.2) is 12.7 Å². The molecule has 3 N–H and O–H groups in total. The van der Waals surface area contributed by atoms with E-state index in [0.29, 0.717) is 10.7 Å². The molecule has 1 saturated heterocycles. The first-order valence-corrected chi connectivity index (χ1v) is 7.94. The van der Waals surface area contributed by atoms with Crippen molar-refractivity contribution in [3.05, 3.63) is 17.5 Å². The number of piperazine rings is 1. The highest BCUT2D eigenvalue weighted by Gasteiger charge is 2.22. The molecule has 0 bridgehead atoms. The molecule has 1 amide bonds. The van der Waals surface area contributed by atoms with Crippen molar-refractivity contribution >= 4 is 28.2 Å². The zero-order valence-electron chi connectivity index (χ0n) is 12.6. The third kappa shape index (κ3) is 3.95. The highest BCUT2D eigenvalue weighted by atomic mass is 32.1. The Kier molecular flexibility index (Phi) is 5.19. The van der Waals surface area contributed by atoms with Crippen molar-refractivity contribution in [1.29, 1.82) is 0 Å². The largest absolute Gasteiger partial charge is 0.382 e. The number of nitrogens with one attached hydrogen (secondary N) is 1. The molecule has 1 unspecified atom stereocenters. The summed E-state index contributed by atoms with van der Waals surface area (Å²) in [4.78, 5) is 21.5. The number of hydrogen-bond donors (Lipinski definition) is 2. The van der Waals surface area contributed by atoms with Crippen LogP contribution in [-0.2, 0) is 0 Å². The third-order valence-electron chi connectivity index (χ3n) is 3.52. The molecule has 0 radical (unpaired) electrons. The van der Waals surface area contributed by atoms with Gasteiger partial charge in [-0.3, -0.25) is 4.79 Å². The van der Waals surface area contributed by atoms with Gasteiger partial charge in [-0.15, -0.1) is 6.58 Å². The molecule has 1 aromatic heterocycles. The van der Waals surface area contributed by atoms with Gasteiger partial charge in [-0.25, -0.2) is 4.98 Å². The monoisotopic (exact) mass is 309 g/mol. The number of carbonyl (C=O) groups excluding carboxylic acids is 1. The molecular weight excluding hydrogens is 286 g/mol. The number of thiazole rings is 1. The summed E-state index contributed by atoms with van der Waals surface area (Å²) in [6, 6.07) is 0.0450. The number of nitrogens with zero attached hydrogens (tertiary/aromatic N) is 3. The number of amides is 1. The first kappa shape index (κ1) is 15.8. The zero-order valence-corrected chi connectivity index (χ0v) is 13.4. The number of anilines is 2. The van der Waals surface area contributed by atoms with Crippen molar-refractivity contribution in [1.82, 2.24) is 15.2 Å². The molecular formula is C14H23N5OS. The Bertz CT molecular complexity index is 507. The molecule has 0 aliphatic carbocycles. The maximum absolute atomic E-state index is 12.2. The second-order valence-corrected chi connectivity index (χ2v) is 6.38. The smallest absolute Gasteiger partial charge is 0.265 e. The Labute approximate surface area is 129 Å². The van der Waals surface area contributed by atoms with Crippen LogP contribution in [-0.4, -0.2) is 55.1 Å². The molecule has 0 saturated carbocycles. The maximum atomic E-state index is 12.2. The zero-order chi connectivity index (χ0) is 15.4. The lowest BCUT2D eigenvalue weighted by molar-refractivity contribution is 0.0945. The number of likely N-dealkylation sites (N-methyl/N-ethyl adjacent to an activating group) is 1. The normalized spacial score (nSPS) is 17.5. The summed E-state index contributed by atoms with van der Waals surface area (Å²) in [6.45, 7) is 9.44. The predicted octanol–water partition coefficient (Wildman–Crippen LogP) is 1.17. The number of nitrogen functional groups attached to an aromatic ring is 1. The minimum absolute atomic E-state index is 0.0450. The highest BCUT2D eigenvalue weighted by molar-refractivity contribution is 7.18. The molecule has 1 aromatic rings. The number of hydrogen-bond acceptors (Lipinski definition) is 6. The van der Waals surface area contributed by atoms with E-state index in [2.05, 4.69) is 33.7 Å². The van der Waals surface area contributed by atoms with Gasteiger partial charge in [-0.1, -0.05) is 17.4 Å². The minimum atomic E-state index is -0.153. The van der Waals surface area contributed by atoms with Gasteiger partial charge < -0.3 is 20.9 Å². The van der Waals surface area contributed by atoms with Crippen molar-refractivity contribution in [3.63, 3.8) is 0 Å². The number of rotatable bonds is 5. The van der Waals surface area contributed by atoms with Crippen molar-refractivity contribution < 1.29 is 4.79 Å². The molecule has 1 atom stereocenters. The molecule has 2 rings (SSSR count). The van der Waals surface area contributed by atoms with Crippen LogP contribution < -0.4 is 16.0 Å². The van der Waals surface area contributed by atoms with E-state index in [1.165, 1.54) is 11.3 Å². The van der Waals surface area contributed by atoms with E-state index in [1.807, 2.05) is 6.92 Å². The maximum Gasteiger partial charge on any atom is 0.265 e. The lowest BCUT2D eigenvalue weighted by Gasteiger charge is -2.31. The van der Waals surface area contributed by atoms with E-state index < -0.39 is 0 Å². The van der Waals surface area contributed by atoms with Crippen LogP contribution in [0, 0.1) is 0 Å². The molecule has 0 spiro atoms. The molecule has 7 heteroatoms. The van der Waals surface area contributed by atoms with Gasteiger partial charge in [0.15, 0.2) is 5.13 Å².